The molecule has 2 heterocycles. The van der Waals surface area contributed by atoms with E-state index in [-0.39, 0.29) is 17.8 Å². The van der Waals surface area contributed by atoms with E-state index >= 15 is 0 Å². The molecule has 0 aliphatic carbocycles. The van der Waals surface area contributed by atoms with Crippen LogP contribution >= 0.6 is 11.3 Å². The van der Waals surface area contributed by atoms with Gasteiger partial charge in [-0.25, -0.2) is 9.37 Å². The normalized spacial score (nSPS) is 16.9. The van der Waals surface area contributed by atoms with Crippen molar-refractivity contribution in [3.8, 4) is 0 Å². The zero-order valence-electron chi connectivity index (χ0n) is 14.4. The predicted molar refractivity (Wildman–Crippen MR) is 101 cm³/mol. The number of nitrogens with zero attached hydrogens (tertiary/aromatic N) is 2. The van der Waals surface area contributed by atoms with Crippen molar-refractivity contribution >= 4 is 32.6 Å². The van der Waals surface area contributed by atoms with E-state index in [0.29, 0.717) is 17.2 Å². The monoisotopic (exact) mass is 370 g/mol. The summed E-state index contributed by atoms with van der Waals surface area (Å²) in [7, 11) is 0. The Morgan fingerprint density at radius 1 is 1.31 bits per heavy atom. The Balaban J connectivity index is 1.70. The molecule has 1 atom stereocenters. The number of halogens is 1. The Kier molecular flexibility index (Phi) is 4.70. The first kappa shape index (κ1) is 17.1. The number of aromatic nitrogens is 1. The molecule has 26 heavy (non-hydrogen) atoms. The maximum absolute atomic E-state index is 13.2. The number of hydrogen-bond acceptors (Lipinski definition) is 4. The van der Waals surface area contributed by atoms with Gasteiger partial charge in [-0.3, -0.25) is 9.69 Å². The molecule has 134 valence electrons. The Hall–Kier alpha value is -2.31. The summed E-state index contributed by atoms with van der Waals surface area (Å²) < 4.78 is 20.0. The fraction of sp³-hybridized carbons (Fsp3) is 0.300. The first-order valence-electron chi connectivity index (χ1n) is 8.66. The number of rotatable bonds is 4. The second-order valence-corrected chi connectivity index (χ2v) is 7.53. The highest BCUT2D eigenvalue weighted by Gasteiger charge is 2.27. The fourth-order valence-corrected chi connectivity index (χ4v) is 4.19. The van der Waals surface area contributed by atoms with E-state index in [1.807, 2.05) is 19.1 Å². The van der Waals surface area contributed by atoms with Crippen LogP contribution in [-0.2, 0) is 4.74 Å². The Bertz CT molecular complexity index is 933. The van der Waals surface area contributed by atoms with Gasteiger partial charge in [0.1, 0.15) is 5.82 Å². The average Bonchev–Trinajstić information content (AvgIpc) is 3.28. The summed E-state index contributed by atoms with van der Waals surface area (Å²) in [5, 5.41) is 0.649. The van der Waals surface area contributed by atoms with Crippen molar-refractivity contribution in [2.75, 3.05) is 18.1 Å². The van der Waals surface area contributed by atoms with E-state index in [0.717, 1.165) is 35.2 Å². The Labute approximate surface area is 155 Å². The second kappa shape index (κ2) is 7.13. The number of anilines is 1. The minimum absolute atomic E-state index is 0.00754. The van der Waals surface area contributed by atoms with Gasteiger partial charge in [0, 0.05) is 12.2 Å². The van der Waals surface area contributed by atoms with Crippen LogP contribution in [0.3, 0.4) is 0 Å². The molecular weight excluding hydrogens is 351 g/mol. The maximum atomic E-state index is 13.2. The lowest BCUT2D eigenvalue weighted by molar-refractivity contribution is 0.0917. The molecule has 4 nitrogen and oxygen atoms in total. The SMILES string of the molecule is Cc1ccc2nc(N(CC3CCCO3)C(=O)c3ccc(F)cc3)sc2c1. The topological polar surface area (TPSA) is 42.4 Å². The molecule has 0 spiro atoms. The van der Waals surface area contributed by atoms with Gasteiger partial charge < -0.3 is 4.74 Å². The van der Waals surface area contributed by atoms with Gasteiger partial charge in [0.15, 0.2) is 5.13 Å². The summed E-state index contributed by atoms with van der Waals surface area (Å²) >= 11 is 1.49. The van der Waals surface area contributed by atoms with Gasteiger partial charge in [-0.1, -0.05) is 17.4 Å². The third-order valence-corrected chi connectivity index (χ3v) is 5.55. The highest BCUT2D eigenvalue weighted by Crippen LogP contribution is 2.31. The molecule has 1 aliphatic heterocycles. The summed E-state index contributed by atoms with van der Waals surface area (Å²) in [5.41, 5.74) is 2.47. The number of carbonyl (C=O) groups is 1. The van der Waals surface area contributed by atoms with Crippen LogP contribution in [0.5, 0.6) is 0 Å². The molecule has 1 aliphatic rings. The molecule has 1 fully saturated rings. The number of thiazole rings is 1. The zero-order chi connectivity index (χ0) is 18.1. The average molecular weight is 370 g/mol. The van der Waals surface area contributed by atoms with E-state index in [1.165, 1.54) is 35.6 Å². The molecular formula is C20H19FN2O2S. The van der Waals surface area contributed by atoms with E-state index in [9.17, 15) is 9.18 Å². The molecule has 0 saturated carbocycles. The number of carbonyl (C=O) groups excluding carboxylic acids is 1. The standard InChI is InChI=1S/C20H19FN2O2S/c1-13-4-9-17-18(11-13)26-20(22-17)23(12-16-3-2-10-25-16)19(24)14-5-7-15(21)8-6-14/h4-9,11,16H,2-3,10,12H2,1H3. The van der Waals surface area contributed by atoms with Crippen molar-refractivity contribution in [3.05, 3.63) is 59.4 Å². The van der Waals surface area contributed by atoms with Crippen molar-refractivity contribution < 1.29 is 13.9 Å². The molecule has 2 aromatic carbocycles. The van der Waals surface area contributed by atoms with Crippen LogP contribution in [0.1, 0.15) is 28.8 Å². The van der Waals surface area contributed by atoms with Gasteiger partial charge in [0.2, 0.25) is 0 Å². The summed E-state index contributed by atoms with van der Waals surface area (Å²) in [6.45, 7) is 3.21. The number of ether oxygens (including phenoxy) is 1. The smallest absolute Gasteiger partial charge is 0.260 e. The van der Waals surface area contributed by atoms with Crippen molar-refractivity contribution in [2.45, 2.75) is 25.9 Å². The highest BCUT2D eigenvalue weighted by molar-refractivity contribution is 7.22. The molecule has 1 unspecified atom stereocenters. The first-order chi connectivity index (χ1) is 12.6. The van der Waals surface area contributed by atoms with E-state index < -0.39 is 0 Å². The number of amides is 1. The Morgan fingerprint density at radius 2 is 2.12 bits per heavy atom. The van der Waals surface area contributed by atoms with Crippen LogP contribution in [0.25, 0.3) is 10.2 Å². The number of benzene rings is 2. The molecule has 0 radical (unpaired) electrons. The lowest BCUT2D eigenvalue weighted by atomic mass is 10.1. The molecule has 1 aromatic heterocycles. The van der Waals surface area contributed by atoms with Crippen molar-refractivity contribution in [2.24, 2.45) is 0 Å². The second-order valence-electron chi connectivity index (χ2n) is 6.53. The van der Waals surface area contributed by atoms with Gasteiger partial charge in [-0.2, -0.15) is 0 Å². The van der Waals surface area contributed by atoms with E-state index in [1.54, 1.807) is 4.90 Å². The minimum Gasteiger partial charge on any atom is -0.376 e. The van der Waals surface area contributed by atoms with Crippen LogP contribution in [0, 0.1) is 12.7 Å². The summed E-state index contributed by atoms with van der Waals surface area (Å²) in [5.74, 6) is -0.543. The third-order valence-electron chi connectivity index (χ3n) is 4.51. The molecule has 1 amide bonds. The zero-order valence-corrected chi connectivity index (χ0v) is 15.3. The molecule has 1 saturated heterocycles. The lowest BCUT2D eigenvalue weighted by Gasteiger charge is -2.23. The van der Waals surface area contributed by atoms with E-state index in [2.05, 4.69) is 11.1 Å². The number of hydrogen-bond donors (Lipinski definition) is 0. The summed E-state index contributed by atoms with van der Waals surface area (Å²) in [4.78, 5) is 19.4. The van der Waals surface area contributed by atoms with Crippen LogP contribution in [0.15, 0.2) is 42.5 Å². The molecule has 4 rings (SSSR count). The number of fused-ring (bicyclic) bond motifs is 1. The Morgan fingerprint density at radius 3 is 2.85 bits per heavy atom. The van der Waals surface area contributed by atoms with Crippen molar-refractivity contribution in [1.82, 2.24) is 4.98 Å². The maximum Gasteiger partial charge on any atom is 0.260 e. The molecule has 3 aromatic rings. The highest BCUT2D eigenvalue weighted by atomic mass is 32.1. The third kappa shape index (κ3) is 3.48. The first-order valence-corrected chi connectivity index (χ1v) is 9.48. The summed E-state index contributed by atoms with van der Waals surface area (Å²) in [6.07, 6.45) is 1.94. The molecule has 0 bridgehead atoms. The summed E-state index contributed by atoms with van der Waals surface area (Å²) in [6, 6.07) is 11.7. The van der Waals surface area contributed by atoms with E-state index in [4.69, 9.17) is 4.74 Å². The van der Waals surface area contributed by atoms with Crippen LogP contribution < -0.4 is 4.90 Å². The van der Waals surface area contributed by atoms with Crippen molar-refractivity contribution in [1.29, 1.82) is 0 Å². The van der Waals surface area contributed by atoms with Gasteiger partial charge in [0.25, 0.3) is 5.91 Å². The predicted octanol–water partition coefficient (Wildman–Crippen LogP) is 4.57. The van der Waals surface area contributed by atoms with Crippen LogP contribution in [0.2, 0.25) is 0 Å². The van der Waals surface area contributed by atoms with Crippen molar-refractivity contribution in [3.63, 3.8) is 0 Å². The largest absolute Gasteiger partial charge is 0.376 e. The van der Waals surface area contributed by atoms with Gasteiger partial charge in [0.05, 0.1) is 22.9 Å². The minimum atomic E-state index is -0.359. The van der Waals surface area contributed by atoms with Crippen LogP contribution in [0.4, 0.5) is 9.52 Å². The lowest BCUT2D eigenvalue weighted by Crippen LogP contribution is -2.37. The number of aryl methyl sites for hydroxylation is 1. The van der Waals surface area contributed by atoms with Gasteiger partial charge in [-0.15, -0.1) is 0 Å². The quantitative estimate of drug-likeness (QED) is 0.676. The van der Waals surface area contributed by atoms with Gasteiger partial charge in [-0.05, 0) is 61.7 Å². The van der Waals surface area contributed by atoms with Crippen LogP contribution in [-0.4, -0.2) is 30.1 Å². The fourth-order valence-electron chi connectivity index (χ4n) is 3.12. The molecule has 0 N–H and O–H groups in total. The molecule has 6 heteroatoms. The van der Waals surface area contributed by atoms with Gasteiger partial charge >= 0.3 is 0 Å².